The largest absolute Gasteiger partial charge is 0.481 e. The topological polar surface area (TPSA) is 71.8 Å². The monoisotopic (exact) mass is 446 g/mol. The van der Waals surface area contributed by atoms with E-state index in [0.717, 1.165) is 28.7 Å². The predicted molar refractivity (Wildman–Crippen MR) is 126 cm³/mol. The lowest BCUT2D eigenvalue weighted by Gasteiger charge is -2.37. The molecule has 3 aromatic rings. The summed E-state index contributed by atoms with van der Waals surface area (Å²) in [7, 11) is 0. The molecule has 1 N–H and O–H groups in total. The van der Waals surface area contributed by atoms with Gasteiger partial charge in [0.1, 0.15) is 5.75 Å². The Morgan fingerprint density at radius 3 is 2.61 bits per heavy atom. The van der Waals surface area contributed by atoms with Gasteiger partial charge in [0.05, 0.1) is 12.3 Å². The fourth-order valence-corrected chi connectivity index (χ4v) is 4.29. The number of carbonyl (C=O) groups is 2. The van der Waals surface area contributed by atoms with E-state index in [1.54, 1.807) is 19.1 Å². The minimum Gasteiger partial charge on any atom is -0.481 e. The van der Waals surface area contributed by atoms with Crippen molar-refractivity contribution in [3.63, 3.8) is 0 Å². The third-order valence-electron chi connectivity index (χ3n) is 5.81. The summed E-state index contributed by atoms with van der Waals surface area (Å²) in [5.41, 5.74) is 4.31. The van der Waals surface area contributed by atoms with Crippen molar-refractivity contribution >= 4 is 11.8 Å². The molecule has 6 heteroatoms. The number of furan rings is 1. The number of aryl methyl sites for hydroxylation is 1. The quantitative estimate of drug-likeness (QED) is 0.597. The molecule has 0 unspecified atom stereocenters. The van der Waals surface area contributed by atoms with Crippen LogP contribution in [0.4, 0.5) is 0 Å². The van der Waals surface area contributed by atoms with Gasteiger partial charge in [0.25, 0.3) is 11.8 Å². The molecule has 4 rings (SSSR count). The molecule has 0 aliphatic carbocycles. The van der Waals surface area contributed by atoms with Gasteiger partial charge in [-0.1, -0.05) is 35.9 Å². The first-order chi connectivity index (χ1) is 15.8. The minimum atomic E-state index is -0.632. The van der Waals surface area contributed by atoms with Crippen molar-refractivity contribution in [1.82, 2.24) is 10.2 Å². The molecule has 172 valence electrons. The van der Waals surface area contributed by atoms with Crippen molar-refractivity contribution in [2.75, 3.05) is 6.54 Å². The molecule has 0 spiro atoms. The van der Waals surface area contributed by atoms with Crippen LogP contribution in [-0.2, 0) is 11.2 Å². The van der Waals surface area contributed by atoms with Gasteiger partial charge in [-0.25, -0.2) is 0 Å². The van der Waals surface area contributed by atoms with E-state index in [2.05, 4.69) is 11.4 Å². The molecule has 2 aromatic carbocycles. The van der Waals surface area contributed by atoms with E-state index in [1.165, 1.54) is 6.26 Å². The van der Waals surface area contributed by atoms with Gasteiger partial charge >= 0.3 is 0 Å². The van der Waals surface area contributed by atoms with Crippen molar-refractivity contribution < 1.29 is 18.7 Å². The Hall–Kier alpha value is -3.54. The first kappa shape index (κ1) is 22.6. The number of carbonyl (C=O) groups excluding carboxylic acids is 2. The highest BCUT2D eigenvalue weighted by molar-refractivity contribution is 5.92. The molecule has 2 amide bonds. The van der Waals surface area contributed by atoms with Crippen LogP contribution >= 0.6 is 0 Å². The molecule has 2 atom stereocenters. The number of fused-ring (bicyclic) bond motifs is 1. The number of ether oxygens (including phenoxy) is 1. The van der Waals surface area contributed by atoms with E-state index in [9.17, 15) is 9.59 Å². The second-order valence-electron chi connectivity index (χ2n) is 8.83. The van der Waals surface area contributed by atoms with Crippen LogP contribution in [0.2, 0.25) is 0 Å². The zero-order chi connectivity index (χ0) is 23.5. The number of nitrogens with zero attached hydrogens (tertiary/aromatic N) is 1. The zero-order valence-corrected chi connectivity index (χ0v) is 19.5. The van der Waals surface area contributed by atoms with E-state index in [-0.39, 0.29) is 23.9 Å². The molecule has 0 bridgehead atoms. The first-order valence-electron chi connectivity index (χ1n) is 11.3. The number of nitrogens with one attached hydrogen (secondary N) is 1. The van der Waals surface area contributed by atoms with Crippen LogP contribution in [0.25, 0.3) is 0 Å². The summed E-state index contributed by atoms with van der Waals surface area (Å²) < 4.78 is 11.4. The molecule has 0 radical (unpaired) electrons. The number of benzene rings is 2. The molecule has 6 nitrogen and oxygen atoms in total. The van der Waals surface area contributed by atoms with E-state index >= 15 is 0 Å². The molecule has 1 aliphatic heterocycles. The number of amides is 2. The van der Waals surface area contributed by atoms with Crippen LogP contribution in [-0.4, -0.2) is 35.4 Å². The molecular formula is C27H30N2O4. The van der Waals surface area contributed by atoms with Gasteiger partial charge in [0, 0.05) is 12.6 Å². The standard InChI is InChI=1S/C27H30N2O4/c1-17(2)28-26(30)19(4)33-22-11-10-20-12-13-29(27(31)24-9-6-14-32-24)25(23(20)16-22)21-8-5-7-18(3)15-21/h5-11,14-17,19,25H,12-13H2,1-4H3,(H,28,30)/t19-,25-/m0/s1. The highest BCUT2D eigenvalue weighted by Crippen LogP contribution is 2.38. The van der Waals surface area contributed by atoms with Gasteiger partial charge in [-0.3, -0.25) is 9.59 Å². The zero-order valence-electron chi connectivity index (χ0n) is 19.5. The van der Waals surface area contributed by atoms with Crippen molar-refractivity contribution in [2.24, 2.45) is 0 Å². The molecule has 1 aromatic heterocycles. The van der Waals surface area contributed by atoms with Crippen LogP contribution in [0.5, 0.6) is 5.75 Å². The van der Waals surface area contributed by atoms with Gasteiger partial charge in [-0.2, -0.15) is 0 Å². The van der Waals surface area contributed by atoms with Gasteiger partial charge in [0.2, 0.25) is 0 Å². The van der Waals surface area contributed by atoms with Gasteiger partial charge in [0.15, 0.2) is 11.9 Å². The highest BCUT2D eigenvalue weighted by Gasteiger charge is 2.34. The van der Waals surface area contributed by atoms with Crippen molar-refractivity contribution in [3.8, 4) is 5.75 Å². The van der Waals surface area contributed by atoms with Crippen molar-refractivity contribution in [1.29, 1.82) is 0 Å². The summed E-state index contributed by atoms with van der Waals surface area (Å²) in [5.74, 6) is 0.619. The van der Waals surface area contributed by atoms with Crippen LogP contribution < -0.4 is 10.1 Å². The predicted octanol–water partition coefficient (Wildman–Crippen LogP) is 4.67. The van der Waals surface area contributed by atoms with E-state index in [4.69, 9.17) is 9.15 Å². The SMILES string of the molecule is Cc1cccc([C@H]2c3cc(O[C@@H](C)C(=O)NC(C)C)ccc3CCN2C(=O)c2ccco2)c1. The number of hydrogen-bond donors (Lipinski definition) is 1. The minimum absolute atomic E-state index is 0.0407. The Morgan fingerprint density at radius 2 is 1.91 bits per heavy atom. The molecule has 33 heavy (non-hydrogen) atoms. The lowest BCUT2D eigenvalue weighted by atomic mass is 9.87. The van der Waals surface area contributed by atoms with Crippen molar-refractivity contribution in [2.45, 2.75) is 52.3 Å². The highest BCUT2D eigenvalue weighted by atomic mass is 16.5. The smallest absolute Gasteiger partial charge is 0.290 e. The summed E-state index contributed by atoms with van der Waals surface area (Å²) >= 11 is 0. The van der Waals surface area contributed by atoms with Crippen LogP contribution in [0.1, 0.15) is 59.6 Å². The Kier molecular flexibility index (Phi) is 6.54. The Morgan fingerprint density at radius 1 is 1.09 bits per heavy atom. The van der Waals surface area contributed by atoms with E-state index in [1.807, 2.05) is 62.1 Å². The second-order valence-corrected chi connectivity index (χ2v) is 8.83. The molecule has 1 aliphatic rings. The number of rotatable bonds is 6. The average molecular weight is 447 g/mol. The second kappa shape index (κ2) is 9.53. The van der Waals surface area contributed by atoms with Crippen molar-refractivity contribution in [3.05, 3.63) is 88.9 Å². The fraction of sp³-hybridized carbons (Fsp3) is 0.333. The lowest BCUT2D eigenvalue weighted by Crippen LogP contribution is -2.41. The van der Waals surface area contributed by atoms with Gasteiger partial charge in [-0.05, 0) is 75.1 Å². The Labute approximate surface area is 194 Å². The summed E-state index contributed by atoms with van der Waals surface area (Å²) in [5, 5.41) is 2.88. The van der Waals surface area contributed by atoms with Crippen LogP contribution in [0, 0.1) is 6.92 Å². The maximum Gasteiger partial charge on any atom is 0.290 e. The third kappa shape index (κ3) is 4.95. The maximum absolute atomic E-state index is 13.3. The fourth-order valence-electron chi connectivity index (χ4n) is 4.29. The molecule has 2 heterocycles. The molecule has 0 fully saturated rings. The summed E-state index contributed by atoms with van der Waals surface area (Å²) in [6, 6.07) is 17.3. The first-order valence-corrected chi connectivity index (χ1v) is 11.3. The normalized spacial score (nSPS) is 16.3. The van der Waals surface area contributed by atoms with E-state index < -0.39 is 6.10 Å². The number of hydrogen-bond acceptors (Lipinski definition) is 4. The van der Waals surface area contributed by atoms with Crippen LogP contribution in [0.15, 0.2) is 65.3 Å². The third-order valence-corrected chi connectivity index (χ3v) is 5.81. The Bertz CT molecular complexity index is 1140. The molecular weight excluding hydrogens is 416 g/mol. The summed E-state index contributed by atoms with van der Waals surface area (Å²) in [4.78, 5) is 27.5. The Balaban J connectivity index is 1.71. The summed E-state index contributed by atoms with van der Waals surface area (Å²) in [6.45, 7) is 8.20. The average Bonchev–Trinajstić information content (AvgIpc) is 3.32. The lowest BCUT2D eigenvalue weighted by molar-refractivity contribution is -0.127. The molecule has 0 saturated heterocycles. The van der Waals surface area contributed by atoms with E-state index in [0.29, 0.717) is 18.1 Å². The van der Waals surface area contributed by atoms with Gasteiger partial charge < -0.3 is 19.4 Å². The summed E-state index contributed by atoms with van der Waals surface area (Å²) in [6.07, 6.45) is 1.61. The molecule has 0 saturated carbocycles. The van der Waals surface area contributed by atoms with Crippen LogP contribution in [0.3, 0.4) is 0 Å². The maximum atomic E-state index is 13.3. The van der Waals surface area contributed by atoms with Gasteiger partial charge in [-0.15, -0.1) is 0 Å².